The molecule has 0 atom stereocenters. The summed E-state index contributed by atoms with van der Waals surface area (Å²) in [6.45, 7) is 0. The highest BCUT2D eigenvalue weighted by Crippen LogP contribution is 2.38. The van der Waals surface area contributed by atoms with E-state index in [1.165, 1.54) is 0 Å². The standard InChI is InChI=1S/C20H24N4O2S/c1-24(2)13-4-6-14(7-5-13)26-19-18-15-9-12(10-17(21)25)3-8-16(15)27-20(18)23-11-22-19/h3,8-9,11,13-14H,4-7,10H2,1-2H3,(H2,21,25). The lowest BCUT2D eigenvalue weighted by Gasteiger charge is -2.32. The molecule has 1 aromatic carbocycles. The second-order valence-electron chi connectivity index (χ2n) is 7.45. The summed E-state index contributed by atoms with van der Waals surface area (Å²) >= 11 is 1.62. The fourth-order valence-corrected chi connectivity index (χ4v) is 4.88. The van der Waals surface area contributed by atoms with Crippen molar-refractivity contribution in [2.45, 2.75) is 44.2 Å². The Morgan fingerprint density at radius 3 is 2.74 bits per heavy atom. The number of thiophene rings is 1. The fraction of sp³-hybridized carbons (Fsp3) is 0.450. The smallest absolute Gasteiger partial charge is 0.226 e. The minimum atomic E-state index is -0.334. The SMILES string of the molecule is CN(C)C1CCC(Oc2ncnc3sc4ccc(CC(N)=O)cc4c23)CC1. The van der Waals surface area contributed by atoms with E-state index in [1.807, 2.05) is 18.2 Å². The second kappa shape index (κ2) is 7.40. The highest BCUT2D eigenvalue weighted by molar-refractivity contribution is 7.25. The summed E-state index contributed by atoms with van der Waals surface area (Å²) in [4.78, 5) is 23.4. The molecule has 2 aromatic heterocycles. The van der Waals surface area contributed by atoms with Crippen LogP contribution in [-0.4, -0.2) is 47.0 Å². The van der Waals surface area contributed by atoms with Crippen molar-refractivity contribution in [3.8, 4) is 5.88 Å². The molecule has 0 unspecified atom stereocenters. The summed E-state index contributed by atoms with van der Waals surface area (Å²) < 4.78 is 7.44. The predicted molar refractivity (Wildman–Crippen MR) is 108 cm³/mol. The summed E-state index contributed by atoms with van der Waals surface area (Å²) in [5.74, 6) is 0.315. The molecule has 2 N–H and O–H groups in total. The van der Waals surface area contributed by atoms with Gasteiger partial charge in [0.25, 0.3) is 0 Å². The third-order valence-corrected chi connectivity index (χ3v) is 6.41. The van der Waals surface area contributed by atoms with E-state index in [2.05, 4.69) is 29.0 Å². The van der Waals surface area contributed by atoms with Gasteiger partial charge in [-0.3, -0.25) is 4.79 Å². The van der Waals surface area contributed by atoms with Gasteiger partial charge in [0.2, 0.25) is 11.8 Å². The van der Waals surface area contributed by atoms with Crippen LogP contribution in [0, 0.1) is 0 Å². The Morgan fingerprint density at radius 1 is 1.26 bits per heavy atom. The maximum atomic E-state index is 11.3. The molecule has 0 radical (unpaired) electrons. The van der Waals surface area contributed by atoms with E-state index in [4.69, 9.17) is 10.5 Å². The molecule has 0 spiro atoms. The molecule has 6 nitrogen and oxygen atoms in total. The van der Waals surface area contributed by atoms with Crippen LogP contribution in [0.2, 0.25) is 0 Å². The Hall–Kier alpha value is -2.25. The van der Waals surface area contributed by atoms with Crippen LogP contribution in [0.3, 0.4) is 0 Å². The van der Waals surface area contributed by atoms with E-state index < -0.39 is 0 Å². The zero-order valence-corrected chi connectivity index (χ0v) is 16.5. The van der Waals surface area contributed by atoms with Crippen molar-refractivity contribution in [2.75, 3.05) is 14.1 Å². The number of amides is 1. The van der Waals surface area contributed by atoms with Crippen molar-refractivity contribution in [3.63, 3.8) is 0 Å². The molecule has 27 heavy (non-hydrogen) atoms. The molecule has 0 bridgehead atoms. The van der Waals surface area contributed by atoms with Gasteiger partial charge < -0.3 is 15.4 Å². The number of nitrogens with zero attached hydrogens (tertiary/aromatic N) is 3. The van der Waals surface area contributed by atoms with Crippen molar-refractivity contribution < 1.29 is 9.53 Å². The molecular formula is C20H24N4O2S. The molecule has 1 amide bonds. The third-order valence-electron chi connectivity index (χ3n) is 5.33. The Kier molecular flexibility index (Phi) is 4.97. The quantitative estimate of drug-likeness (QED) is 0.731. The van der Waals surface area contributed by atoms with Crippen LogP contribution in [0.1, 0.15) is 31.2 Å². The highest BCUT2D eigenvalue weighted by Gasteiger charge is 2.25. The molecule has 1 fully saturated rings. The lowest BCUT2D eigenvalue weighted by Crippen LogP contribution is -2.35. The number of carbonyl (C=O) groups is 1. The minimum Gasteiger partial charge on any atom is -0.474 e. The van der Waals surface area contributed by atoms with Crippen LogP contribution < -0.4 is 10.5 Å². The van der Waals surface area contributed by atoms with Crippen molar-refractivity contribution in [1.29, 1.82) is 0 Å². The zero-order chi connectivity index (χ0) is 19.0. The Balaban J connectivity index is 1.65. The summed E-state index contributed by atoms with van der Waals surface area (Å²) in [6, 6.07) is 6.61. The van der Waals surface area contributed by atoms with Gasteiger partial charge in [-0.1, -0.05) is 6.07 Å². The maximum Gasteiger partial charge on any atom is 0.226 e. The lowest BCUT2D eigenvalue weighted by atomic mass is 9.92. The topological polar surface area (TPSA) is 81.3 Å². The Morgan fingerprint density at radius 2 is 2.04 bits per heavy atom. The average molecular weight is 385 g/mol. The maximum absolute atomic E-state index is 11.3. The first kappa shape index (κ1) is 18.1. The summed E-state index contributed by atoms with van der Waals surface area (Å²) in [5, 5.41) is 1.98. The Labute approximate surface area is 162 Å². The van der Waals surface area contributed by atoms with Crippen LogP contribution in [-0.2, 0) is 11.2 Å². The number of aromatic nitrogens is 2. The summed E-state index contributed by atoms with van der Waals surface area (Å²) in [6.07, 6.45) is 6.32. The summed E-state index contributed by atoms with van der Waals surface area (Å²) in [7, 11) is 4.28. The van der Waals surface area contributed by atoms with Crippen molar-refractivity contribution in [3.05, 3.63) is 30.1 Å². The van der Waals surface area contributed by atoms with Crippen molar-refractivity contribution in [1.82, 2.24) is 14.9 Å². The molecule has 2 heterocycles. The first-order valence-corrected chi connectivity index (χ1v) is 10.1. The molecule has 1 aliphatic rings. The van der Waals surface area contributed by atoms with Gasteiger partial charge >= 0.3 is 0 Å². The van der Waals surface area contributed by atoms with Gasteiger partial charge in [0, 0.05) is 16.1 Å². The number of hydrogen-bond acceptors (Lipinski definition) is 6. The van der Waals surface area contributed by atoms with Crippen molar-refractivity contribution >= 4 is 37.5 Å². The van der Waals surface area contributed by atoms with Crippen molar-refractivity contribution in [2.24, 2.45) is 5.73 Å². The number of fused-ring (bicyclic) bond motifs is 3. The number of carbonyl (C=O) groups excluding carboxylic acids is 1. The third kappa shape index (κ3) is 3.75. The van der Waals surface area contributed by atoms with E-state index in [-0.39, 0.29) is 18.4 Å². The number of benzene rings is 1. The minimum absolute atomic E-state index is 0.183. The Bertz CT molecular complexity index is 977. The lowest BCUT2D eigenvalue weighted by molar-refractivity contribution is -0.117. The van der Waals surface area contributed by atoms with E-state index >= 15 is 0 Å². The van der Waals surface area contributed by atoms with Crippen LogP contribution in [0.25, 0.3) is 20.3 Å². The second-order valence-corrected chi connectivity index (χ2v) is 8.48. The number of hydrogen-bond donors (Lipinski definition) is 1. The van der Waals surface area contributed by atoms with Gasteiger partial charge in [0.05, 0.1) is 11.8 Å². The molecule has 3 aromatic rings. The molecular weight excluding hydrogens is 360 g/mol. The van der Waals surface area contributed by atoms with Gasteiger partial charge in [-0.25, -0.2) is 9.97 Å². The first-order valence-electron chi connectivity index (χ1n) is 9.29. The zero-order valence-electron chi connectivity index (χ0n) is 15.6. The first-order chi connectivity index (χ1) is 13.0. The molecule has 1 aliphatic carbocycles. The van der Waals surface area contributed by atoms with Gasteiger partial charge in [-0.2, -0.15) is 0 Å². The largest absolute Gasteiger partial charge is 0.474 e. The van der Waals surface area contributed by atoms with Crippen LogP contribution in [0.15, 0.2) is 24.5 Å². The molecule has 0 saturated heterocycles. The van der Waals surface area contributed by atoms with Gasteiger partial charge in [0.1, 0.15) is 17.3 Å². The van der Waals surface area contributed by atoms with E-state index in [9.17, 15) is 4.79 Å². The van der Waals surface area contributed by atoms with Crippen LogP contribution in [0.4, 0.5) is 0 Å². The van der Waals surface area contributed by atoms with Crippen LogP contribution >= 0.6 is 11.3 Å². The fourth-order valence-electron chi connectivity index (χ4n) is 3.87. The molecule has 142 valence electrons. The predicted octanol–water partition coefficient (Wildman–Crippen LogP) is 3.12. The monoisotopic (exact) mass is 384 g/mol. The number of primary amides is 1. The molecule has 1 saturated carbocycles. The van der Waals surface area contributed by atoms with E-state index in [0.717, 1.165) is 51.5 Å². The average Bonchev–Trinajstić information content (AvgIpc) is 3.00. The normalized spacial score (nSPS) is 20.4. The molecule has 0 aliphatic heterocycles. The van der Waals surface area contributed by atoms with Crippen LogP contribution in [0.5, 0.6) is 5.88 Å². The van der Waals surface area contributed by atoms with E-state index in [1.54, 1.807) is 17.7 Å². The number of ether oxygens (including phenoxy) is 1. The summed E-state index contributed by atoms with van der Waals surface area (Å²) in [5.41, 5.74) is 6.25. The molecule has 4 rings (SSSR count). The highest BCUT2D eigenvalue weighted by atomic mass is 32.1. The number of rotatable bonds is 5. The van der Waals surface area contributed by atoms with Gasteiger partial charge in [0.15, 0.2) is 0 Å². The van der Waals surface area contributed by atoms with Gasteiger partial charge in [-0.05, 0) is 57.5 Å². The van der Waals surface area contributed by atoms with E-state index in [0.29, 0.717) is 11.9 Å². The molecule has 7 heteroatoms. The van der Waals surface area contributed by atoms with Gasteiger partial charge in [-0.15, -0.1) is 11.3 Å². The number of nitrogens with two attached hydrogens (primary N) is 1.